The smallest absolute Gasteiger partial charge is 0.189 e. The molecule has 80 valence electrons. The molecule has 2 rings (SSSR count). The lowest BCUT2D eigenvalue weighted by Gasteiger charge is -2.22. The summed E-state index contributed by atoms with van der Waals surface area (Å²) in [7, 11) is 0. The van der Waals surface area contributed by atoms with Gasteiger partial charge in [0.25, 0.3) is 0 Å². The quantitative estimate of drug-likeness (QED) is 0.566. The monoisotopic (exact) mass is 206 g/mol. The first-order chi connectivity index (χ1) is 7.18. The number of nitrogens with two attached hydrogens (primary N) is 1. The van der Waals surface area contributed by atoms with Crippen LogP contribution in [-0.2, 0) is 17.8 Å². The van der Waals surface area contributed by atoms with Gasteiger partial charge >= 0.3 is 0 Å². The van der Waals surface area contributed by atoms with E-state index >= 15 is 0 Å². The van der Waals surface area contributed by atoms with Gasteiger partial charge in [0.1, 0.15) is 5.75 Å². The van der Waals surface area contributed by atoms with Crippen LogP contribution in [0.15, 0.2) is 12.1 Å². The number of amidine groups is 1. The topological polar surface area (TPSA) is 68.3 Å². The molecule has 15 heavy (non-hydrogen) atoms. The van der Waals surface area contributed by atoms with Gasteiger partial charge in [0.05, 0.1) is 12.4 Å². The lowest BCUT2D eigenvalue weighted by Crippen LogP contribution is -2.18. The fourth-order valence-corrected chi connectivity index (χ4v) is 1.72. The summed E-state index contributed by atoms with van der Waals surface area (Å²) in [6.45, 7) is 2.88. The van der Waals surface area contributed by atoms with Crippen LogP contribution in [0, 0.1) is 12.3 Å². The van der Waals surface area contributed by atoms with Crippen LogP contribution >= 0.6 is 0 Å². The van der Waals surface area contributed by atoms with Crippen molar-refractivity contribution in [3.8, 4) is 5.75 Å². The molecule has 0 atom stereocenters. The number of aryl methyl sites for hydroxylation is 1. The summed E-state index contributed by atoms with van der Waals surface area (Å²) in [6, 6.07) is 3.97. The van der Waals surface area contributed by atoms with Crippen molar-refractivity contribution in [1.82, 2.24) is 0 Å². The van der Waals surface area contributed by atoms with Crippen LogP contribution in [0.2, 0.25) is 0 Å². The fourth-order valence-electron chi connectivity index (χ4n) is 1.72. The molecule has 0 aliphatic carbocycles. The van der Waals surface area contributed by atoms with E-state index in [1.807, 2.05) is 19.1 Å². The molecule has 1 heterocycles. The van der Waals surface area contributed by atoms with Crippen molar-refractivity contribution in [2.24, 2.45) is 5.73 Å². The lowest BCUT2D eigenvalue weighted by atomic mass is 10.0. The number of hydrogen-bond donors (Lipinski definition) is 2. The number of rotatable bonds is 2. The van der Waals surface area contributed by atoms with E-state index in [1.54, 1.807) is 0 Å². The summed E-state index contributed by atoms with van der Waals surface area (Å²) in [5.41, 5.74) is 8.58. The molecule has 0 aromatic heterocycles. The Morgan fingerprint density at radius 1 is 1.53 bits per heavy atom. The van der Waals surface area contributed by atoms with Crippen molar-refractivity contribution in [3.05, 3.63) is 28.8 Å². The third-order valence-electron chi connectivity index (χ3n) is 2.49. The molecular formula is C11H14N2O2. The van der Waals surface area contributed by atoms with Crippen LogP contribution in [0.25, 0.3) is 0 Å². The van der Waals surface area contributed by atoms with Crippen molar-refractivity contribution in [2.75, 3.05) is 6.79 Å². The van der Waals surface area contributed by atoms with Gasteiger partial charge in [-0.15, -0.1) is 0 Å². The van der Waals surface area contributed by atoms with E-state index in [9.17, 15) is 0 Å². The Kier molecular flexibility index (Phi) is 2.60. The normalized spacial score (nSPS) is 14.2. The predicted octanol–water partition coefficient (Wildman–Crippen LogP) is 1.34. The van der Waals surface area contributed by atoms with E-state index in [2.05, 4.69) is 0 Å². The Labute approximate surface area is 88.5 Å². The summed E-state index contributed by atoms with van der Waals surface area (Å²) < 4.78 is 10.7. The lowest BCUT2D eigenvalue weighted by molar-refractivity contribution is -0.0172. The SMILES string of the molecule is Cc1ccc(CC(=N)N)c2c1COCO2. The molecule has 3 N–H and O–H groups in total. The average Bonchev–Trinajstić information content (AvgIpc) is 2.22. The van der Waals surface area contributed by atoms with Crippen LogP contribution in [-0.4, -0.2) is 12.6 Å². The molecule has 0 amide bonds. The molecule has 1 aromatic rings. The van der Waals surface area contributed by atoms with Crippen LogP contribution in [0.4, 0.5) is 0 Å². The summed E-state index contributed by atoms with van der Waals surface area (Å²) >= 11 is 0. The van der Waals surface area contributed by atoms with Gasteiger partial charge in [0, 0.05) is 17.5 Å². The summed E-state index contributed by atoms with van der Waals surface area (Å²) in [6.07, 6.45) is 0.433. The molecule has 1 aromatic carbocycles. The fraction of sp³-hybridized carbons (Fsp3) is 0.364. The Morgan fingerprint density at radius 3 is 3.07 bits per heavy atom. The number of benzene rings is 1. The molecule has 0 fully saturated rings. The minimum atomic E-state index is 0.149. The number of hydrogen-bond acceptors (Lipinski definition) is 3. The maximum absolute atomic E-state index is 7.29. The molecular weight excluding hydrogens is 192 g/mol. The molecule has 0 saturated carbocycles. The predicted molar refractivity (Wildman–Crippen MR) is 57.1 cm³/mol. The van der Waals surface area contributed by atoms with Gasteiger partial charge in [-0.2, -0.15) is 0 Å². The van der Waals surface area contributed by atoms with Gasteiger partial charge in [-0.1, -0.05) is 12.1 Å². The highest BCUT2D eigenvalue weighted by atomic mass is 16.7. The molecule has 1 aliphatic rings. The van der Waals surface area contributed by atoms with Crippen LogP contribution in [0.1, 0.15) is 16.7 Å². The van der Waals surface area contributed by atoms with E-state index in [-0.39, 0.29) is 12.6 Å². The second-order valence-electron chi connectivity index (χ2n) is 3.66. The third-order valence-corrected chi connectivity index (χ3v) is 2.49. The van der Waals surface area contributed by atoms with Crippen molar-refractivity contribution in [3.63, 3.8) is 0 Å². The van der Waals surface area contributed by atoms with Crippen LogP contribution in [0.3, 0.4) is 0 Å². The first-order valence-corrected chi connectivity index (χ1v) is 4.83. The standard InChI is InChI=1S/C11H14N2O2/c1-7-2-3-8(4-10(12)13)11-9(7)5-14-6-15-11/h2-3H,4-6H2,1H3,(H3,12,13). The molecule has 4 nitrogen and oxygen atoms in total. The van der Waals surface area contributed by atoms with Gasteiger partial charge in [0.2, 0.25) is 0 Å². The van der Waals surface area contributed by atoms with Crippen molar-refractivity contribution >= 4 is 5.84 Å². The Bertz CT molecular complexity index is 402. The van der Waals surface area contributed by atoms with Gasteiger partial charge in [-0.05, 0) is 12.5 Å². The minimum Gasteiger partial charge on any atom is -0.467 e. The molecule has 0 spiro atoms. The zero-order valence-electron chi connectivity index (χ0n) is 8.67. The Morgan fingerprint density at radius 2 is 2.33 bits per heavy atom. The summed E-state index contributed by atoms with van der Waals surface area (Å²) in [4.78, 5) is 0. The third kappa shape index (κ3) is 1.94. The molecule has 0 unspecified atom stereocenters. The Balaban J connectivity index is 2.43. The average molecular weight is 206 g/mol. The maximum Gasteiger partial charge on any atom is 0.189 e. The number of nitrogens with one attached hydrogen (secondary N) is 1. The van der Waals surface area contributed by atoms with E-state index < -0.39 is 0 Å². The first-order valence-electron chi connectivity index (χ1n) is 4.83. The molecule has 0 saturated heterocycles. The van der Waals surface area contributed by atoms with Gasteiger partial charge < -0.3 is 15.2 Å². The molecule has 0 bridgehead atoms. The number of ether oxygens (including phenoxy) is 2. The van der Waals surface area contributed by atoms with E-state index in [0.29, 0.717) is 13.0 Å². The van der Waals surface area contributed by atoms with Gasteiger partial charge in [0.15, 0.2) is 6.79 Å². The summed E-state index contributed by atoms with van der Waals surface area (Å²) in [5.74, 6) is 0.993. The highest BCUT2D eigenvalue weighted by Crippen LogP contribution is 2.30. The molecule has 4 heteroatoms. The largest absolute Gasteiger partial charge is 0.467 e. The molecule has 1 aliphatic heterocycles. The van der Waals surface area contributed by atoms with E-state index in [0.717, 1.165) is 22.4 Å². The van der Waals surface area contributed by atoms with Crippen molar-refractivity contribution in [2.45, 2.75) is 20.0 Å². The van der Waals surface area contributed by atoms with Crippen LogP contribution in [0.5, 0.6) is 5.75 Å². The highest BCUT2D eigenvalue weighted by Gasteiger charge is 2.17. The Hall–Kier alpha value is -1.55. The molecule has 0 radical (unpaired) electrons. The zero-order chi connectivity index (χ0) is 10.8. The second-order valence-corrected chi connectivity index (χ2v) is 3.66. The van der Waals surface area contributed by atoms with Crippen molar-refractivity contribution in [1.29, 1.82) is 5.41 Å². The van der Waals surface area contributed by atoms with E-state index in [4.69, 9.17) is 20.6 Å². The zero-order valence-corrected chi connectivity index (χ0v) is 8.67. The first kappa shape index (κ1) is 9.98. The van der Waals surface area contributed by atoms with Crippen molar-refractivity contribution < 1.29 is 9.47 Å². The van der Waals surface area contributed by atoms with E-state index in [1.165, 1.54) is 0 Å². The van der Waals surface area contributed by atoms with Gasteiger partial charge in [-0.3, -0.25) is 5.41 Å². The number of fused-ring (bicyclic) bond motifs is 1. The minimum absolute atomic E-state index is 0.149. The highest BCUT2D eigenvalue weighted by molar-refractivity contribution is 5.80. The van der Waals surface area contributed by atoms with Gasteiger partial charge in [-0.25, -0.2) is 0 Å². The second kappa shape index (κ2) is 3.90. The summed E-state index contributed by atoms with van der Waals surface area (Å²) in [5, 5.41) is 7.29. The maximum atomic E-state index is 7.29. The van der Waals surface area contributed by atoms with Crippen LogP contribution < -0.4 is 10.5 Å².